The summed E-state index contributed by atoms with van der Waals surface area (Å²) in [5.41, 5.74) is 1.05. The molecule has 0 aliphatic carbocycles. The largest absolute Gasteiger partial charge is 0.381 e. The third-order valence-electron chi connectivity index (χ3n) is 2.61. The van der Waals surface area contributed by atoms with E-state index in [9.17, 15) is 0 Å². The fourth-order valence-electron chi connectivity index (χ4n) is 1.67. The lowest BCUT2D eigenvalue weighted by Crippen LogP contribution is -2.08. The molecule has 1 heterocycles. The van der Waals surface area contributed by atoms with E-state index in [1.54, 1.807) is 0 Å². The van der Waals surface area contributed by atoms with Crippen molar-refractivity contribution in [1.82, 2.24) is 0 Å². The zero-order chi connectivity index (χ0) is 13.9. The molecule has 19 heavy (non-hydrogen) atoms. The maximum Gasteiger partial charge on any atom is 0.183 e. The summed E-state index contributed by atoms with van der Waals surface area (Å²) in [6, 6.07) is 7.97. The zero-order valence-electron chi connectivity index (χ0n) is 11.7. The average Bonchev–Trinajstić information content (AvgIpc) is 2.99. The van der Waals surface area contributed by atoms with E-state index >= 15 is 0 Å². The molecule has 2 rings (SSSR count). The molecule has 0 radical (unpaired) electrons. The Balaban J connectivity index is 0.000000300. The molecule has 1 aromatic rings. The Kier molecular flexibility index (Phi) is 9.08. The fraction of sp³-hybridized carbons (Fsp3) is 0.600. The molecule has 1 aromatic carbocycles. The first-order chi connectivity index (χ1) is 9.27. The molecular formula is C15H23BrO3. The SMILES string of the molecule is C1CCOC1.CCOC(OCC)c1ccc(Br)cc1. The van der Waals surface area contributed by atoms with Gasteiger partial charge >= 0.3 is 0 Å². The van der Waals surface area contributed by atoms with Crippen LogP contribution >= 0.6 is 15.9 Å². The lowest BCUT2D eigenvalue weighted by Gasteiger charge is -2.16. The van der Waals surface area contributed by atoms with Gasteiger partial charge in [-0.15, -0.1) is 0 Å². The summed E-state index contributed by atoms with van der Waals surface area (Å²) in [5, 5.41) is 0. The topological polar surface area (TPSA) is 27.7 Å². The lowest BCUT2D eigenvalue weighted by atomic mass is 10.2. The van der Waals surface area contributed by atoms with Crippen LogP contribution in [0, 0.1) is 0 Å². The van der Waals surface area contributed by atoms with E-state index in [0.717, 1.165) is 23.2 Å². The highest BCUT2D eigenvalue weighted by Crippen LogP contribution is 2.20. The van der Waals surface area contributed by atoms with Crippen LogP contribution in [-0.2, 0) is 14.2 Å². The van der Waals surface area contributed by atoms with Crippen molar-refractivity contribution in [1.29, 1.82) is 0 Å². The van der Waals surface area contributed by atoms with Gasteiger partial charge in [0.25, 0.3) is 0 Å². The van der Waals surface area contributed by atoms with Gasteiger partial charge in [0.2, 0.25) is 0 Å². The van der Waals surface area contributed by atoms with Gasteiger partial charge in [-0.3, -0.25) is 0 Å². The Morgan fingerprint density at radius 2 is 1.58 bits per heavy atom. The van der Waals surface area contributed by atoms with E-state index in [-0.39, 0.29) is 6.29 Å². The van der Waals surface area contributed by atoms with Crippen LogP contribution in [0.5, 0.6) is 0 Å². The lowest BCUT2D eigenvalue weighted by molar-refractivity contribution is -0.140. The van der Waals surface area contributed by atoms with Crippen LogP contribution in [0.25, 0.3) is 0 Å². The van der Waals surface area contributed by atoms with Gasteiger partial charge in [0.1, 0.15) is 0 Å². The Morgan fingerprint density at radius 1 is 1.05 bits per heavy atom. The highest BCUT2D eigenvalue weighted by atomic mass is 79.9. The van der Waals surface area contributed by atoms with Crippen LogP contribution < -0.4 is 0 Å². The maximum absolute atomic E-state index is 5.47. The van der Waals surface area contributed by atoms with Crippen molar-refractivity contribution in [2.24, 2.45) is 0 Å². The summed E-state index contributed by atoms with van der Waals surface area (Å²) in [5.74, 6) is 0. The Labute approximate surface area is 124 Å². The molecule has 0 spiro atoms. The monoisotopic (exact) mass is 330 g/mol. The van der Waals surface area contributed by atoms with Crippen molar-refractivity contribution in [3.63, 3.8) is 0 Å². The van der Waals surface area contributed by atoms with E-state index in [4.69, 9.17) is 14.2 Å². The first-order valence-corrected chi connectivity index (χ1v) is 7.63. The molecule has 0 saturated carbocycles. The Hall–Kier alpha value is -0.420. The van der Waals surface area contributed by atoms with Crippen molar-refractivity contribution in [3.05, 3.63) is 34.3 Å². The molecule has 0 amide bonds. The Bertz CT molecular complexity index is 309. The Morgan fingerprint density at radius 3 is 1.95 bits per heavy atom. The molecule has 0 aromatic heterocycles. The number of rotatable bonds is 5. The zero-order valence-corrected chi connectivity index (χ0v) is 13.3. The van der Waals surface area contributed by atoms with Gasteiger partial charge in [0, 0.05) is 36.5 Å². The summed E-state index contributed by atoms with van der Waals surface area (Å²) in [6.07, 6.45) is 2.32. The quantitative estimate of drug-likeness (QED) is 0.752. The number of hydrogen-bond acceptors (Lipinski definition) is 3. The van der Waals surface area contributed by atoms with Crippen molar-refractivity contribution in [3.8, 4) is 0 Å². The van der Waals surface area contributed by atoms with E-state index in [1.165, 1.54) is 12.8 Å². The van der Waals surface area contributed by atoms with Gasteiger partial charge in [0.15, 0.2) is 6.29 Å². The first-order valence-electron chi connectivity index (χ1n) is 6.84. The fourth-order valence-corrected chi connectivity index (χ4v) is 1.94. The number of halogens is 1. The predicted molar refractivity (Wildman–Crippen MR) is 80.2 cm³/mol. The second-order valence-electron chi connectivity index (χ2n) is 4.11. The minimum Gasteiger partial charge on any atom is -0.381 e. The molecule has 1 aliphatic heterocycles. The number of hydrogen-bond donors (Lipinski definition) is 0. The minimum absolute atomic E-state index is 0.238. The summed E-state index contributed by atoms with van der Waals surface area (Å²) < 4.78 is 16.9. The summed E-state index contributed by atoms with van der Waals surface area (Å²) in [4.78, 5) is 0. The molecule has 0 unspecified atom stereocenters. The minimum atomic E-state index is -0.238. The molecule has 0 bridgehead atoms. The number of ether oxygens (including phenoxy) is 3. The van der Waals surface area contributed by atoms with Crippen LogP contribution in [0.2, 0.25) is 0 Å². The van der Waals surface area contributed by atoms with Crippen LogP contribution in [0.15, 0.2) is 28.7 Å². The molecule has 3 nitrogen and oxygen atoms in total. The average molecular weight is 331 g/mol. The summed E-state index contributed by atoms with van der Waals surface area (Å²) in [7, 11) is 0. The van der Waals surface area contributed by atoms with E-state index < -0.39 is 0 Å². The smallest absolute Gasteiger partial charge is 0.183 e. The summed E-state index contributed by atoms with van der Waals surface area (Å²) >= 11 is 3.39. The van der Waals surface area contributed by atoms with Gasteiger partial charge in [-0.2, -0.15) is 0 Å². The van der Waals surface area contributed by atoms with E-state index in [2.05, 4.69) is 15.9 Å². The van der Waals surface area contributed by atoms with E-state index in [0.29, 0.717) is 13.2 Å². The van der Waals surface area contributed by atoms with E-state index in [1.807, 2.05) is 38.1 Å². The second kappa shape index (κ2) is 10.4. The van der Waals surface area contributed by atoms with Gasteiger partial charge in [-0.1, -0.05) is 28.1 Å². The third-order valence-corrected chi connectivity index (χ3v) is 3.13. The van der Waals surface area contributed by atoms with Gasteiger partial charge in [-0.25, -0.2) is 0 Å². The number of benzene rings is 1. The second-order valence-corrected chi connectivity index (χ2v) is 5.03. The van der Waals surface area contributed by atoms with Crippen molar-refractivity contribution in [2.75, 3.05) is 26.4 Å². The highest BCUT2D eigenvalue weighted by molar-refractivity contribution is 9.10. The molecule has 0 N–H and O–H groups in total. The third kappa shape index (κ3) is 7.06. The van der Waals surface area contributed by atoms with Gasteiger partial charge in [0.05, 0.1) is 0 Å². The van der Waals surface area contributed by atoms with Gasteiger partial charge in [-0.05, 0) is 38.8 Å². The predicted octanol–water partition coefficient (Wildman–Crippen LogP) is 4.32. The molecule has 4 heteroatoms. The maximum atomic E-state index is 5.47. The standard InChI is InChI=1S/C11H15BrO2.C4H8O/c1-3-13-11(14-4-2)9-5-7-10(12)8-6-9;1-2-4-5-3-1/h5-8,11H,3-4H2,1-2H3;1-4H2. The van der Waals surface area contributed by atoms with Crippen LogP contribution in [0.1, 0.15) is 38.5 Å². The van der Waals surface area contributed by atoms with Crippen LogP contribution in [0.3, 0.4) is 0 Å². The van der Waals surface area contributed by atoms with Crippen molar-refractivity contribution in [2.45, 2.75) is 33.0 Å². The molecule has 1 aliphatic rings. The molecule has 1 saturated heterocycles. The normalized spacial score (nSPS) is 14.3. The van der Waals surface area contributed by atoms with Gasteiger partial charge < -0.3 is 14.2 Å². The van der Waals surface area contributed by atoms with Crippen molar-refractivity contribution >= 4 is 15.9 Å². The van der Waals surface area contributed by atoms with Crippen molar-refractivity contribution < 1.29 is 14.2 Å². The molecule has 108 valence electrons. The molecule has 1 fully saturated rings. The highest BCUT2D eigenvalue weighted by Gasteiger charge is 2.09. The van der Waals surface area contributed by atoms with Crippen LogP contribution in [-0.4, -0.2) is 26.4 Å². The van der Waals surface area contributed by atoms with Crippen LogP contribution in [0.4, 0.5) is 0 Å². The molecule has 0 atom stereocenters. The summed E-state index contributed by atoms with van der Waals surface area (Å²) in [6.45, 7) is 7.23. The first kappa shape index (κ1) is 16.6. The molecular weight excluding hydrogens is 308 g/mol.